The van der Waals surface area contributed by atoms with Gasteiger partial charge in [0.15, 0.2) is 0 Å². The first kappa shape index (κ1) is 10.5. The number of hydrogen-bond acceptors (Lipinski definition) is 0. The van der Waals surface area contributed by atoms with Crippen LogP contribution in [0.15, 0.2) is 24.3 Å². The Bertz CT molecular complexity index is 243. The van der Waals surface area contributed by atoms with Gasteiger partial charge in [0, 0.05) is 5.02 Å². The molecule has 2 heteroatoms. The summed E-state index contributed by atoms with van der Waals surface area (Å²) in [6.07, 6.45) is 1.59. The zero-order valence-electron chi connectivity index (χ0n) is 7.76. The van der Waals surface area contributed by atoms with Crippen LogP contribution in [0.25, 0.3) is 0 Å². The molecule has 72 valence electrons. The van der Waals surface area contributed by atoms with Crippen molar-refractivity contribution in [2.45, 2.75) is 25.7 Å². The highest BCUT2D eigenvalue weighted by atomic mass is 35.5. The molecule has 0 nitrogen and oxygen atoms in total. The van der Waals surface area contributed by atoms with E-state index >= 15 is 0 Å². The van der Waals surface area contributed by atoms with Crippen LogP contribution in [0, 0.1) is 0 Å². The lowest BCUT2D eigenvalue weighted by atomic mass is 9.94. The molecule has 0 aliphatic heterocycles. The number of benzene rings is 1. The minimum absolute atomic E-state index is 0.249. The van der Waals surface area contributed by atoms with Crippen LogP contribution >= 0.6 is 11.6 Å². The Morgan fingerprint density at radius 2 is 1.92 bits per heavy atom. The maximum Gasteiger partial charge on any atom is 0.0900 e. The largest absolute Gasteiger partial charge is 0.251 e. The van der Waals surface area contributed by atoms with Crippen molar-refractivity contribution in [3.05, 3.63) is 34.9 Å². The third-order valence-electron chi connectivity index (χ3n) is 2.29. The van der Waals surface area contributed by atoms with Gasteiger partial charge in [-0.2, -0.15) is 0 Å². The van der Waals surface area contributed by atoms with Crippen LogP contribution < -0.4 is 0 Å². The van der Waals surface area contributed by atoms with Crippen LogP contribution in [0.2, 0.25) is 5.02 Å². The summed E-state index contributed by atoms with van der Waals surface area (Å²) >= 11 is 5.76. The van der Waals surface area contributed by atoms with Crippen LogP contribution in [0.4, 0.5) is 4.39 Å². The van der Waals surface area contributed by atoms with Crippen LogP contribution in [-0.4, -0.2) is 6.67 Å². The second kappa shape index (κ2) is 5.23. The van der Waals surface area contributed by atoms with E-state index in [1.807, 2.05) is 24.3 Å². The highest BCUT2D eigenvalue weighted by Crippen LogP contribution is 2.24. The number of hydrogen-bond donors (Lipinski definition) is 0. The minimum Gasteiger partial charge on any atom is -0.251 e. The van der Waals surface area contributed by atoms with Gasteiger partial charge in [-0.05, 0) is 36.5 Å². The van der Waals surface area contributed by atoms with Crippen LogP contribution in [-0.2, 0) is 0 Å². The second-order valence-electron chi connectivity index (χ2n) is 3.13. The summed E-state index contributed by atoms with van der Waals surface area (Å²) in [5, 5.41) is 0.735. The third kappa shape index (κ3) is 3.00. The fourth-order valence-electron chi connectivity index (χ4n) is 1.47. The molecule has 0 heterocycles. The van der Waals surface area contributed by atoms with Crippen molar-refractivity contribution in [3.63, 3.8) is 0 Å². The average Bonchev–Trinajstić information content (AvgIpc) is 2.16. The number of halogens is 2. The van der Waals surface area contributed by atoms with Crippen LogP contribution in [0.3, 0.4) is 0 Å². The van der Waals surface area contributed by atoms with Gasteiger partial charge in [0.2, 0.25) is 0 Å². The summed E-state index contributed by atoms with van der Waals surface area (Å²) in [6, 6.07) is 7.67. The summed E-state index contributed by atoms with van der Waals surface area (Å²) < 4.78 is 12.2. The second-order valence-corrected chi connectivity index (χ2v) is 3.57. The molecule has 1 unspecified atom stereocenters. The lowest BCUT2D eigenvalue weighted by molar-refractivity contribution is 0.433. The van der Waals surface area contributed by atoms with Gasteiger partial charge in [0.1, 0.15) is 0 Å². The van der Waals surface area contributed by atoms with E-state index in [1.54, 1.807) is 0 Å². The van der Waals surface area contributed by atoms with E-state index < -0.39 is 0 Å². The summed E-state index contributed by atoms with van der Waals surface area (Å²) in [5.74, 6) is 0.335. The Morgan fingerprint density at radius 3 is 2.38 bits per heavy atom. The fraction of sp³-hybridized carbons (Fsp3) is 0.455. The Hall–Kier alpha value is -0.560. The smallest absolute Gasteiger partial charge is 0.0900 e. The Labute approximate surface area is 83.7 Å². The molecule has 1 atom stereocenters. The van der Waals surface area contributed by atoms with E-state index in [-0.39, 0.29) is 6.67 Å². The molecular weight excluding hydrogens is 187 g/mol. The van der Waals surface area contributed by atoms with E-state index in [4.69, 9.17) is 11.6 Å². The molecule has 13 heavy (non-hydrogen) atoms. The van der Waals surface area contributed by atoms with Gasteiger partial charge in [0.25, 0.3) is 0 Å². The van der Waals surface area contributed by atoms with Gasteiger partial charge in [-0.15, -0.1) is 0 Å². The Kier molecular flexibility index (Phi) is 4.23. The van der Waals surface area contributed by atoms with E-state index in [0.717, 1.165) is 11.4 Å². The highest BCUT2D eigenvalue weighted by Gasteiger charge is 2.08. The fourth-order valence-corrected chi connectivity index (χ4v) is 1.60. The first-order chi connectivity index (χ1) is 6.27. The predicted molar refractivity (Wildman–Crippen MR) is 55.1 cm³/mol. The summed E-state index contributed by atoms with van der Waals surface area (Å²) in [6.45, 7) is 1.83. The van der Waals surface area contributed by atoms with E-state index in [0.29, 0.717) is 12.3 Å². The molecule has 0 radical (unpaired) electrons. The molecule has 0 spiro atoms. The predicted octanol–water partition coefficient (Wildman–Crippen LogP) is 4.19. The third-order valence-corrected chi connectivity index (χ3v) is 2.54. The molecule has 0 saturated carbocycles. The average molecular weight is 201 g/mol. The SMILES string of the molecule is CCC(CCF)c1ccc(Cl)cc1. The molecular formula is C11H14ClF. The summed E-state index contributed by atoms with van der Waals surface area (Å²) in [4.78, 5) is 0. The molecule has 0 amide bonds. The van der Waals surface area contributed by atoms with Gasteiger partial charge in [-0.3, -0.25) is 4.39 Å². The number of rotatable bonds is 4. The first-order valence-electron chi connectivity index (χ1n) is 4.59. The minimum atomic E-state index is -0.249. The monoisotopic (exact) mass is 200 g/mol. The van der Waals surface area contributed by atoms with Gasteiger partial charge >= 0.3 is 0 Å². The van der Waals surface area contributed by atoms with Gasteiger partial charge < -0.3 is 0 Å². The summed E-state index contributed by atoms with van der Waals surface area (Å²) in [7, 11) is 0. The Morgan fingerprint density at radius 1 is 1.31 bits per heavy atom. The van der Waals surface area contributed by atoms with E-state index in [2.05, 4.69) is 6.92 Å². The van der Waals surface area contributed by atoms with Crippen molar-refractivity contribution in [2.75, 3.05) is 6.67 Å². The van der Waals surface area contributed by atoms with Gasteiger partial charge in [-0.1, -0.05) is 30.7 Å². The standard InChI is InChI=1S/C11H14ClF/c1-2-9(7-8-13)10-3-5-11(12)6-4-10/h3-6,9H,2,7-8H2,1H3. The lowest BCUT2D eigenvalue weighted by Gasteiger charge is -2.12. The first-order valence-corrected chi connectivity index (χ1v) is 4.97. The quantitative estimate of drug-likeness (QED) is 0.684. The normalized spacial score (nSPS) is 12.8. The molecule has 0 aliphatic rings. The maximum absolute atomic E-state index is 12.2. The molecule has 0 N–H and O–H groups in total. The van der Waals surface area contributed by atoms with Gasteiger partial charge in [-0.25, -0.2) is 0 Å². The van der Waals surface area contributed by atoms with Crippen LogP contribution in [0.5, 0.6) is 0 Å². The zero-order chi connectivity index (χ0) is 9.68. The molecule has 1 aromatic carbocycles. The van der Waals surface area contributed by atoms with Crippen molar-refractivity contribution < 1.29 is 4.39 Å². The lowest BCUT2D eigenvalue weighted by Crippen LogP contribution is -1.97. The summed E-state index contributed by atoms with van der Waals surface area (Å²) in [5.41, 5.74) is 1.18. The van der Waals surface area contributed by atoms with Gasteiger partial charge in [0.05, 0.1) is 6.67 Å². The molecule has 0 aliphatic carbocycles. The van der Waals surface area contributed by atoms with Crippen molar-refractivity contribution >= 4 is 11.6 Å². The van der Waals surface area contributed by atoms with Crippen molar-refractivity contribution in [1.29, 1.82) is 0 Å². The Balaban J connectivity index is 2.73. The molecule has 0 fully saturated rings. The maximum atomic E-state index is 12.2. The topological polar surface area (TPSA) is 0 Å². The van der Waals surface area contributed by atoms with Crippen molar-refractivity contribution in [2.24, 2.45) is 0 Å². The van der Waals surface area contributed by atoms with Crippen molar-refractivity contribution in [1.82, 2.24) is 0 Å². The molecule has 1 aromatic rings. The van der Waals surface area contributed by atoms with E-state index in [9.17, 15) is 4.39 Å². The molecule has 0 saturated heterocycles. The molecule has 0 aromatic heterocycles. The number of alkyl halides is 1. The van der Waals surface area contributed by atoms with E-state index in [1.165, 1.54) is 5.56 Å². The van der Waals surface area contributed by atoms with Crippen LogP contribution in [0.1, 0.15) is 31.2 Å². The molecule has 0 bridgehead atoms. The van der Waals surface area contributed by atoms with Crippen molar-refractivity contribution in [3.8, 4) is 0 Å². The highest BCUT2D eigenvalue weighted by molar-refractivity contribution is 6.30. The zero-order valence-corrected chi connectivity index (χ0v) is 8.52. The molecule has 1 rings (SSSR count).